The Hall–Kier alpha value is -3.28. The van der Waals surface area contributed by atoms with E-state index in [4.69, 9.17) is 9.44 Å². The number of nitrogens with zero attached hydrogens (tertiary/aromatic N) is 3. The lowest BCUT2D eigenvalue weighted by Crippen LogP contribution is -2.28. The highest BCUT2D eigenvalue weighted by molar-refractivity contribution is 7.94. The zero-order chi connectivity index (χ0) is 39.3. The van der Waals surface area contributed by atoms with Crippen LogP contribution in [-0.4, -0.2) is 75.1 Å². The monoisotopic (exact) mass is 802 g/mol. The summed E-state index contributed by atoms with van der Waals surface area (Å²) in [6, 6.07) is 16.5. The molecule has 5 rings (SSSR count). The van der Waals surface area contributed by atoms with E-state index in [0.717, 1.165) is 78.0 Å². The topological polar surface area (TPSA) is 146 Å². The second-order valence-electron chi connectivity index (χ2n) is 14.7. The number of rotatable bonds is 16. The van der Waals surface area contributed by atoms with E-state index in [1.54, 1.807) is 0 Å². The predicted molar refractivity (Wildman–Crippen MR) is 214 cm³/mol. The van der Waals surface area contributed by atoms with E-state index in [0.29, 0.717) is 43.7 Å². The molecule has 2 heterocycles. The molecule has 2 N–H and O–H groups in total. The number of unbranched alkanes of at least 4 members (excludes halogenated alkanes) is 2. The second-order valence-corrected chi connectivity index (χ2v) is 18.8. The van der Waals surface area contributed by atoms with Crippen molar-refractivity contribution in [1.82, 2.24) is 0 Å². The van der Waals surface area contributed by atoms with Crippen molar-refractivity contribution < 1.29 is 44.2 Å². The van der Waals surface area contributed by atoms with Crippen molar-refractivity contribution >= 4 is 49.6 Å². The van der Waals surface area contributed by atoms with E-state index in [2.05, 4.69) is 83.3 Å². The largest absolute Gasteiger partial charge is 0.508 e. The first-order valence-electron chi connectivity index (χ1n) is 18.1. The van der Waals surface area contributed by atoms with Gasteiger partial charge in [0.15, 0.2) is 7.05 Å². The molecule has 12 nitrogen and oxygen atoms in total. The van der Waals surface area contributed by atoms with Crippen LogP contribution in [0.4, 0.5) is 11.4 Å². The molecule has 0 spiro atoms. The maximum Gasteiger partial charge on any atom is 0.508 e. The fourth-order valence-corrected chi connectivity index (χ4v) is 9.51. The van der Waals surface area contributed by atoms with E-state index in [9.17, 15) is 21.4 Å². The first-order valence-corrected chi connectivity index (χ1v) is 22.0. The molecule has 0 unspecified atom stereocenters. The fraction of sp³-hybridized carbons (Fsp3) is 0.462. The van der Waals surface area contributed by atoms with Gasteiger partial charge in [-0.3, -0.25) is 4.55 Å². The molecule has 3 aliphatic rings. The van der Waals surface area contributed by atoms with Crippen LogP contribution >= 0.6 is 12.0 Å². The van der Waals surface area contributed by atoms with Gasteiger partial charge in [0.25, 0.3) is 10.1 Å². The quantitative estimate of drug-likeness (QED) is 0.0433. The van der Waals surface area contributed by atoms with E-state index in [1.807, 2.05) is 36.4 Å². The van der Waals surface area contributed by atoms with E-state index in [1.165, 1.54) is 16.6 Å². The van der Waals surface area contributed by atoms with Crippen molar-refractivity contribution in [2.75, 3.05) is 48.6 Å². The van der Waals surface area contributed by atoms with Gasteiger partial charge in [-0.05, 0) is 73.9 Å². The van der Waals surface area contributed by atoms with Crippen LogP contribution < -0.4 is 9.80 Å². The Morgan fingerprint density at radius 2 is 1.26 bits per heavy atom. The molecule has 0 aromatic heterocycles. The van der Waals surface area contributed by atoms with E-state index < -0.39 is 20.4 Å². The lowest BCUT2D eigenvalue weighted by molar-refractivity contribution is -0.432. The summed E-state index contributed by atoms with van der Waals surface area (Å²) in [7, 11) is -5.45. The number of allylic oxidation sites excluding steroid dienone is 8. The molecule has 0 saturated heterocycles. The Labute approximate surface area is 324 Å². The van der Waals surface area contributed by atoms with Crippen LogP contribution in [0.5, 0.6) is 0 Å². The zero-order valence-electron chi connectivity index (χ0n) is 31.8. The molecule has 54 heavy (non-hydrogen) atoms. The van der Waals surface area contributed by atoms with Crippen LogP contribution in [0.15, 0.2) is 95.4 Å². The minimum Gasteiger partial charge on any atom is -0.344 e. The molecule has 294 valence electrons. The highest BCUT2D eigenvalue weighted by atomic mass is 32.2. The van der Waals surface area contributed by atoms with Crippen molar-refractivity contribution in [3.8, 4) is 0 Å². The minimum atomic E-state index is -4.08. The second kappa shape index (κ2) is 17.2. The van der Waals surface area contributed by atoms with Crippen molar-refractivity contribution in [3.05, 3.63) is 107 Å². The molecule has 2 aromatic rings. The first kappa shape index (κ1) is 41.9. The number of benzene rings is 2. The maximum atomic E-state index is 13.2. The first-order chi connectivity index (χ1) is 25.5. The predicted octanol–water partition coefficient (Wildman–Crippen LogP) is 7.49. The third kappa shape index (κ3) is 9.05. The maximum absolute atomic E-state index is 13.2. The Morgan fingerprint density at radius 3 is 1.72 bits per heavy atom. The number of fused-ring (bicyclic) bond motifs is 2. The van der Waals surface area contributed by atoms with Crippen molar-refractivity contribution in [1.29, 1.82) is 0 Å². The molecular weight excluding hydrogens is 751 g/mol. The molecule has 0 amide bonds. The Balaban J connectivity index is 1.53. The van der Waals surface area contributed by atoms with Crippen LogP contribution in [0.25, 0.3) is 0 Å². The summed E-state index contributed by atoms with van der Waals surface area (Å²) in [6.07, 6.45) is 12.0. The van der Waals surface area contributed by atoms with Gasteiger partial charge >= 0.3 is 10.3 Å². The SMILES string of the molecule is COS(=O)(=O)[N+](C)=C1C(=CC=C2N(CCCCSOOO)c3ccccc3C2(C)C)CCC1=CC=C1N(CCCCS(=O)(=O)O)c2ccccc2C1(C)C. The summed E-state index contributed by atoms with van der Waals surface area (Å²) in [5.74, 6) is 0.358. The van der Waals surface area contributed by atoms with E-state index in [-0.39, 0.29) is 16.6 Å². The minimum absolute atomic E-state index is 0.296. The number of anilines is 2. The Kier molecular flexibility index (Phi) is 13.4. The third-order valence-electron chi connectivity index (χ3n) is 10.6. The molecule has 15 heteroatoms. The number of hydrogen-bond donors (Lipinski definition) is 2. The summed E-state index contributed by atoms with van der Waals surface area (Å²) in [6.45, 7) is 10.0. The Morgan fingerprint density at radius 1 is 0.778 bits per heavy atom. The molecule has 1 fully saturated rings. The molecule has 0 bridgehead atoms. The van der Waals surface area contributed by atoms with Gasteiger partial charge in [0.2, 0.25) is 5.71 Å². The number of hydrogen-bond acceptors (Lipinski definition) is 11. The number of para-hydroxylation sites is 2. The van der Waals surface area contributed by atoms with Gasteiger partial charge in [0, 0.05) is 75.6 Å². The lowest BCUT2D eigenvalue weighted by Gasteiger charge is -2.27. The van der Waals surface area contributed by atoms with Crippen LogP contribution in [0, 0.1) is 0 Å². The van der Waals surface area contributed by atoms with Crippen molar-refractivity contribution in [2.45, 2.75) is 77.0 Å². The lowest BCUT2D eigenvalue weighted by atomic mass is 9.83. The highest BCUT2D eigenvalue weighted by Crippen LogP contribution is 2.49. The molecule has 1 saturated carbocycles. The normalized spacial score (nSPS) is 21.9. The van der Waals surface area contributed by atoms with Crippen LogP contribution in [0.3, 0.4) is 0 Å². The average molecular weight is 803 g/mol. The standard InChI is InChI=1S/C39H51N3O9S3/c1-38(2)31-15-7-9-17-33(31)41(25-11-13-27-52-51-50-43)35(38)23-21-29-19-20-30(37(29)40(5)54(47,48)49-6)22-24-36-39(3,4)32-16-8-10-18-34(32)42(36)26-12-14-28-53(44,45)46/h7-10,15-18,21-24H,11-14,19-20,25-28H2,1-6H3,(H-,43,44,45,46)/p+1. The van der Waals surface area contributed by atoms with Gasteiger partial charge in [-0.25, -0.2) is 9.44 Å². The van der Waals surface area contributed by atoms with Gasteiger partial charge < -0.3 is 9.80 Å². The summed E-state index contributed by atoms with van der Waals surface area (Å²) in [5.41, 5.74) is 8.25. The molecule has 0 atom stereocenters. The molecule has 2 aromatic carbocycles. The van der Waals surface area contributed by atoms with Gasteiger partial charge in [-0.15, -0.1) is 12.8 Å². The van der Waals surface area contributed by atoms with Gasteiger partial charge in [-0.2, -0.15) is 8.42 Å². The molecule has 1 aliphatic carbocycles. The smallest absolute Gasteiger partial charge is 0.344 e. The van der Waals surface area contributed by atoms with Gasteiger partial charge in [0.05, 0.1) is 12.9 Å². The van der Waals surface area contributed by atoms with Crippen LogP contribution in [-0.2, 0) is 44.8 Å². The summed E-state index contributed by atoms with van der Waals surface area (Å²) in [4.78, 5) is 4.53. The van der Waals surface area contributed by atoms with Crippen LogP contribution in [0.1, 0.15) is 77.3 Å². The van der Waals surface area contributed by atoms with Gasteiger partial charge in [-0.1, -0.05) is 85.3 Å². The average Bonchev–Trinajstić information content (AvgIpc) is 3.70. The fourth-order valence-electron chi connectivity index (χ4n) is 7.83. The summed E-state index contributed by atoms with van der Waals surface area (Å²) < 4.78 is 69.3. The van der Waals surface area contributed by atoms with Crippen molar-refractivity contribution in [2.24, 2.45) is 0 Å². The van der Waals surface area contributed by atoms with Crippen LogP contribution in [0.2, 0.25) is 0 Å². The summed E-state index contributed by atoms with van der Waals surface area (Å²) >= 11 is 1.05. The third-order valence-corrected chi connectivity index (χ3v) is 13.3. The van der Waals surface area contributed by atoms with Gasteiger partial charge in [0.1, 0.15) is 0 Å². The Bertz CT molecular complexity index is 2090. The highest BCUT2D eigenvalue weighted by Gasteiger charge is 2.41. The van der Waals surface area contributed by atoms with E-state index >= 15 is 0 Å². The molecular formula is C39H52N3O9S3+. The molecule has 0 radical (unpaired) electrons. The summed E-state index contributed by atoms with van der Waals surface area (Å²) in [5, 5.41) is 12.1. The van der Waals surface area contributed by atoms with Crippen molar-refractivity contribution in [3.63, 3.8) is 0 Å². The zero-order valence-corrected chi connectivity index (χ0v) is 34.3. The molecule has 2 aliphatic heterocycles.